The second-order valence-electron chi connectivity index (χ2n) is 3.42. The number of aromatic nitrogens is 4. The highest BCUT2D eigenvalue weighted by molar-refractivity contribution is 6.52. The Kier molecular flexibility index (Phi) is 2.14. The van der Waals surface area contributed by atoms with Gasteiger partial charge in [0.05, 0.1) is 12.7 Å². The summed E-state index contributed by atoms with van der Waals surface area (Å²) >= 11 is 0. The molecule has 0 bridgehead atoms. The van der Waals surface area contributed by atoms with Crippen LogP contribution in [0.3, 0.4) is 0 Å². The van der Waals surface area contributed by atoms with E-state index in [0.29, 0.717) is 0 Å². The Morgan fingerprint density at radius 2 is 1.69 bits per heavy atom. The molecule has 6 nitrogen and oxygen atoms in total. The van der Waals surface area contributed by atoms with Gasteiger partial charge in [-0.05, 0) is 0 Å². The molecule has 2 aromatic heterocycles. The molecule has 1 radical (unpaired) electrons. The van der Waals surface area contributed by atoms with E-state index in [1.54, 1.807) is 25.0 Å². The van der Waals surface area contributed by atoms with E-state index < -0.39 is 0 Å². The molecule has 1 aliphatic heterocycles. The van der Waals surface area contributed by atoms with Crippen LogP contribution in [0.15, 0.2) is 49.8 Å². The van der Waals surface area contributed by atoms with E-state index in [2.05, 4.69) is 15.3 Å². The second-order valence-corrected chi connectivity index (χ2v) is 3.42. The van der Waals surface area contributed by atoms with E-state index in [4.69, 9.17) is 0 Å². The van der Waals surface area contributed by atoms with Crippen molar-refractivity contribution in [2.45, 2.75) is 0 Å². The zero-order valence-electron chi connectivity index (χ0n) is 8.51. The van der Waals surface area contributed by atoms with Gasteiger partial charge in [0.2, 0.25) is 0 Å². The molecule has 1 N–H and O–H groups in total. The lowest BCUT2D eigenvalue weighted by Gasteiger charge is -2.23. The minimum absolute atomic E-state index is 0.0174. The zero-order chi connectivity index (χ0) is 10.8. The number of nitrogens with one attached hydrogen (secondary N) is 1. The summed E-state index contributed by atoms with van der Waals surface area (Å²) in [6, 6.07) is 0. The highest BCUT2D eigenvalue weighted by Crippen LogP contribution is 2.07. The maximum absolute atomic E-state index is 4.07. The van der Waals surface area contributed by atoms with Crippen molar-refractivity contribution in [3.63, 3.8) is 0 Å². The molecule has 0 atom stereocenters. The molecule has 0 saturated carbocycles. The summed E-state index contributed by atoms with van der Waals surface area (Å²) in [5.41, 5.74) is 0. The Bertz CT molecular complexity index is 428. The molecule has 2 aromatic rings. The van der Waals surface area contributed by atoms with Gasteiger partial charge >= 0.3 is 7.12 Å². The van der Waals surface area contributed by atoms with Crippen LogP contribution in [0.2, 0.25) is 0 Å². The Morgan fingerprint density at radius 3 is 2.12 bits per heavy atom. The van der Waals surface area contributed by atoms with E-state index in [9.17, 15) is 0 Å². The number of hydrogen-bond acceptors (Lipinski definition) is 4. The van der Waals surface area contributed by atoms with E-state index in [1.807, 2.05) is 45.2 Å². The molecule has 0 aliphatic carbocycles. The Labute approximate surface area is 93.4 Å². The van der Waals surface area contributed by atoms with Crippen molar-refractivity contribution >= 4 is 7.12 Å². The average molecular weight is 213 g/mol. The van der Waals surface area contributed by atoms with Crippen molar-refractivity contribution in [3.05, 3.63) is 56.5 Å². The maximum Gasteiger partial charge on any atom is 0.516 e. The van der Waals surface area contributed by atoms with Crippen molar-refractivity contribution in [2.75, 3.05) is 0 Å². The van der Waals surface area contributed by atoms with Crippen molar-refractivity contribution in [1.82, 2.24) is 29.1 Å². The van der Waals surface area contributed by atoms with E-state index in [1.165, 1.54) is 0 Å². The summed E-state index contributed by atoms with van der Waals surface area (Å²) in [6.45, 7) is 1.89. The summed E-state index contributed by atoms with van der Waals surface area (Å²) in [5, 5.41) is 3.03. The topological polar surface area (TPSA) is 50.9 Å². The van der Waals surface area contributed by atoms with Crippen LogP contribution in [-0.4, -0.2) is 30.9 Å². The molecule has 0 amide bonds. The first-order chi connectivity index (χ1) is 7.95. The molecular formula is C9H10BN6. The van der Waals surface area contributed by atoms with Gasteiger partial charge in [0.1, 0.15) is 6.67 Å². The van der Waals surface area contributed by atoms with Gasteiger partial charge in [0, 0.05) is 37.2 Å². The van der Waals surface area contributed by atoms with E-state index >= 15 is 0 Å². The van der Waals surface area contributed by atoms with Crippen molar-refractivity contribution < 1.29 is 0 Å². The fourth-order valence-electron chi connectivity index (χ4n) is 1.72. The first-order valence-corrected chi connectivity index (χ1v) is 4.93. The molecule has 3 rings (SSSR count). The van der Waals surface area contributed by atoms with Crippen LogP contribution < -0.4 is 5.32 Å². The van der Waals surface area contributed by atoms with Crippen LogP contribution in [0.4, 0.5) is 0 Å². The van der Waals surface area contributed by atoms with Gasteiger partial charge in [0.25, 0.3) is 0 Å². The van der Waals surface area contributed by atoms with Crippen LogP contribution in [0.5, 0.6) is 0 Å². The fraction of sp³-hybridized carbons (Fsp3) is 0. The molecule has 0 saturated heterocycles. The molecule has 16 heavy (non-hydrogen) atoms. The lowest BCUT2D eigenvalue weighted by Crippen LogP contribution is -2.45. The van der Waals surface area contributed by atoms with Crippen LogP contribution in [0.25, 0.3) is 0 Å². The molecule has 0 aromatic carbocycles. The third kappa shape index (κ3) is 1.46. The number of hydrogen-bond donors (Lipinski definition) is 1. The number of nitrogens with zero attached hydrogens (tertiary/aromatic N) is 5. The van der Waals surface area contributed by atoms with Gasteiger partial charge in [-0.15, -0.1) is 0 Å². The van der Waals surface area contributed by atoms with Gasteiger partial charge in [-0.3, -0.25) is 0 Å². The molecule has 7 heteroatoms. The van der Waals surface area contributed by atoms with E-state index in [0.717, 1.165) is 0 Å². The van der Waals surface area contributed by atoms with Crippen LogP contribution in [-0.2, 0) is 0 Å². The first-order valence-electron chi connectivity index (χ1n) is 4.93. The summed E-state index contributed by atoms with van der Waals surface area (Å²) < 4.78 is 3.99. The van der Waals surface area contributed by atoms with Gasteiger partial charge in [0.15, 0.2) is 0 Å². The first kappa shape index (κ1) is 9.08. The van der Waals surface area contributed by atoms with Gasteiger partial charge in [-0.25, -0.2) is 9.97 Å². The molecular weight excluding hydrogens is 203 g/mol. The van der Waals surface area contributed by atoms with Crippen LogP contribution in [0, 0.1) is 6.67 Å². The third-order valence-electron chi connectivity index (χ3n) is 2.42. The number of rotatable bonds is 3. The zero-order valence-corrected chi connectivity index (χ0v) is 8.51. The van der Waals surface area contributed by atoms with Crippen molar-refractivity contribution in [3.8, 4) is 0 Å². The summed E-state index contributed by atoms with van der Waals surface area (Å²) in [6.07, 6.45) is 14.8. The fourth-order valence-corrected chi connectivity index (χ4v) is 1.72. The van der Waals surface area contributed by atoms with Gasteiger partial charge in [-0.2, -0.15) is 0 Å². The molecule has 3 heterocycles. The SMILES string of the molecule is [CH]1NC=CN1B(n1ccnc1)n1ccnc1. The minimum Gasteiger partial charge on any atom is -0.368 e. The molecule has 0 unspecified atom stereocenters. The average Bonchev–Trinajstić information content (AvgIpc) is 3.02. The number of imidazole rings is 2. The Hall–Kier alpha value is -2.18. The second kappa shape index (κ2) is 3.76. The summed E-state index contributed by atoms with van der Waals surface area (Å²) in [5.74, 6) is 0. The molecule has 0 fully saturated rings. The predicted octanol–water partition coefficient (Wildman–Crippen LogP) is -0.0434. The van der Waals surface area contributed by atoms with Gasteiger partial charge in [-0.1, -0.05) is 0 Å². The maximum atomic E-state index is 4.07. The third-order valence-corrected chi connectivity index (χ3v) is 2.42. The lowest BCUT2D eigenvalue weighted by atomic mass is 9.90. The highest BCUT2D eigenvalue weighted by atomic mass is 15.3. The molecule has 79 valence electrons. The minimum atomic E-state index is -0.0174. The van der Waals surface area contributed by atoms with Crippen molar-refractivity contribution in [2.24, 2.45) is 0 Å². The standard InChI is InChI=1S/C9H10BN6/c1-4-14(7-11-1)10(15-5-2-12-8-15)16-6-3-13-9-16/h1-9,11H. The summed E-state index contributed by atoms with van der Waals surface area (Å²) in [7, 11) is -0.0174. The highest BCUT2D eigenvalue weighted by Gasteiger charge is 2.28. The van der Waals surface area contributed by atoms with Crippen LogP contribution in [0.1, 0.15) is 0 Å². The van der Waals surface area contributed by atoms with Gasteiger partial charge < -0.3 is 19.1 Å². The van der Waals surface area contributed by atoms with Crippen LogP contribution >= 0.6 is 0 Å². The smallest absolute Gasteiger partial charge is 0.368 e. The quantitative estimate of drug-likeness (QED) is 0.726. The van der Waals surface area contributed by atoms with Crippen molar-refractivity contribution in [1.29, 1.82) is 0 Å². The Balaban J connectivity index is 1.98. The molecule has 1 aliphatic rings. The van der Waals surface area contributed by atoms with E-state index in [-0.39, 0.29) is 7.12 Å². The monoisotopic (exact) mass is 213 g/mol. The molecule has 0 spiro atoms. The normalized spacial score (nSPS) is 14.1. The summed E-state index contributed by atoms with van der Waals surface area (Å²) in [4.78, 5) is 10.2. The predicted molar refractivity (Wildman–Crippen MR) is 59.4 cm³/mol. The Morgan fingerprint density at radius 1 is 1.00 bits per heavy atom. The largest absolute Gasteiger partial charge is 0.516 e. The lowest BCUT2D eigenvalue weighted by molar-refractivity contribution is 0.650.